The lowest BCUT2D eigenvalue weighted by atomic mass is 10.1. The summed E-state index contributed by atoms with van der Waals surface area (Å²) < 4.78 is 11.2. The molecule has 7 heteroatoms. The van der Waals surface area contributed by atoms with Crippen LogP contribution in [0, 0.1) is 13.8 Å². The maximum Gasteiger partial charge on any atom is 0.251 e. The van der Waals surface area contributed by atoms with Gasteiger partial charge in [-0.1, -0.05) is 41.9 Å². The third kappa shape index (κ3) is 6.02. The van der Waals surface area contributed by atoms with Crippen LogP contribution in [0.1, 0.15) is 27.0 Å². The second-order valence-corrected chi connectivity index (χ2v) is 7.71. The van der Waals surface area contributed by atoms with Crippen LogP contribution in [-0.4, -0.2) is 25.5 Å². The predicted molar refractivity (Wildman–Crippen MR) is 126 cm³/mol. The van der Waals surface area contributed by atoms with Crippen molar-refractivity contribution < 1.29 is 19.1 Å². The summed E-state index contributed by atoms with van der Waals surface area (Å²) in [4.78, 5) is 24.8. The van der Waals surface area contributed by atoms with Crippen LogP contribution in [0.4, 0.5) is 5.69 Å². The summed E-state index contributed by atoms with van der Waals surface area (Å²) in [6, 6.07) is 18.0. The molecule has 0 unspecified atom stereocenters. The quantitative estimate of drug-likeness (QED) is 0.509. The summed E-state index contributed by atoms with van der Waals surface area (Å²) in [5.41, 5.74) is 4.00. The zero-order valence-corrected chi connectivity index (χ0v) is 19.0. The number of anilines is 1. The van der Waals surface area contributed by atoms with Crippen molar-refractivity contribution in [3.05, 3.63) is 87.9 Å². The Bertz CT molecular complexity index is 1090. The summed E-state index contributed by atoms with van der Waals surface area (Å²) in [5, 5.41) is 6.13. The van der Waals surface area contributed by atoms with Crippen LogP contribution < -0.4 is 20.1 Å². The first-order valence-electron chi connectivity index (χ1n) is 10.1. The number of carbonyl (C=O) groups is 2. The molecule has 0 bridgehead atoms. The van der Waals surface area contributed by atoms with Gasteiger partial charge in [-0.25, -0.2) is 0 Å². The van der Waals surface area contributed by atoms with Gasteiger partial charge in [0.25, 0.3) is 5.91 Å². The smallest absolute Gasteiger partial charge is 0.251 e. The molecule has 3 rings (SSSR count). The second kappa shape index (κ2) is 10.7. The number of halogens is 1. The third-order valence-electron chi connectivity index (χ3n) is 4.89. The standard InChI is InChI=1S/C25H25ClN2O4/c1-16-5-4-6-17(2)24(16)28-23(29)14-27-25(30)19-9-12-21(22(13-19)31-3)32-15-18-7-10-20(26)11-8-18/h4-13H,14-15H2,1-3H3,(H,27,30)(H,28,29). The van der Waals surface area contributed by atoms with E-state index in [4.69, 9.17) is 21.1 Å². The predicted octanol–water partition coefficient (Wildman–Crippen LogP) is 4.91. The van der Waals surface area contributed by atoms with Crippen molar-refractivity contribution in [3.63, 3.8) is 0 Å². The molecule has 0 aliphatic rings. The first-order valence-corrected chi connectivity index (χ1v) is 10.4. The van der Waals surface area contributed by atoms with Crippen LogP contribution in [0.5, 0.6) is 11.5 Å². The summed E-state index contributed by atoms with van der Waals surface area (Å²) in [6.07, 6.45) is 0. The van der Waals surface area contributed by atoms with E-state index in [9.17, 15) is 9.59 Å². The lowest BCUT2D eigenvalue weighted by molar-refractivity contribution is -0.115. The van der Waals surface area contributed by atoms with Gasteiger partial charge in [0.15, 0.2) is 11.5 Å². The molecular weight excluding hydrogens is 428 g/mol. The van der Waals surface area contributed by atoms with E-state index in [2.05, 4.69) is 10.6 Å². The van der Waals surface area contributed by atoms with Gasteiger partial charge in [-0.2, -0.15) is 0 Å². The number of ether oxygens (including phenoxy) is 2. The summed E-state index contributed by atoms with van der Waals surface area (Å²) in [6.45, 7) is 4.02. The van der Waals surface area contributed by atoms with Crippen molar-refractivity contribution in [2.75, 3.05) is 19.0 Å². The number of nitrogens with one attached hydrogen (secondary N) is 2. The second-order valence-electron chi connectivity index (χ2n) is 7.28. The Morgan fingerprint density at radius 1 is 0.938 bits per heavy atom. The monoisotopic (exact) mass is 452 g/mol. The van der Waals surface area contributed by atoms with Crippen molar-refractivity contribution in [1.29, 1.82) is 0 Å². The Kier molecular flexibility index (Phi) is 7.73. The fourth-order valence-electron chi connectivity index (χ4n) is 3.13. The van der Waals surface area contributed by atoms with Crippen LogP contribution in [0.2, 0.25) is 5.02 Å². The van der Waals surface area contributed by atoms with Gasteiger partial charge in [0.1, 0.15) is 6.61 Å². The highest BCUT2D eigenvalue weighted by Gasteiger charge is 2.13. The van der Waals surface area contributed by atoms with Gasteiger partial charge in [0, 0.05) is 16.3 Å². The maximum absolute atomic E-state index is 12.5. The zero-order chi connectivity index (χ0) is 23.1. The zero-order valence-electron chi connectivity index (χ0n) is 18.2. The maximum atomic E-state index is 12.5. The van der Waals surface area contributed by atoms with E-state index < -0.39 is 0 Å². The topological polar surface area (TPSA) is 76.7 Å². The van der Waals surface area contributed by atoms with E-state index >= 15 is 0 Å². The van der Waals surface area contributed by atoms with Gasteiger partial charge >= 0.3 is 0 Å². The molecule has 2 N–H and O–H groups in total. The molecule has 2 amide bonds. The molecule has 3 aromatic carbocycles. The number of hydrogen-bond donors (Lipinski definition) is 2. The minimum atomic E-state index is -0.385. The summed E-state index contributed by atoms with van der Waals surface area (Å²) >= 11 is 5.90. The van der Waals surface area contributed by atoms with Gasteiger partial charge in [-0.3, -0.25) is 9.59 Å². The van der Waals surface area contributed by atoms with E-state index in [1.54, 1.807) is 30.3 Å². The number of hydrogen-bond acceptors (Lipinski definition) is 4. The molecule has 0 aromatic heterocycles. The van der Waals surface area contributed by atoms with E-state index in [0.29, 0.717) is 28.7 Å². The van der Waals surface area contributed by atoms with Gasteiger partial charge in [0.2, 0.25) is 5.91 Å². The van der Waals surface area contributed by atoms with E-state index in [-0.39, 0.29) is 18.4 Å². The molecule has 0 aliphatic heterocycles. The fraction of sp³-hybridized carbons (Fsp3) is 0.200. The molecule has 0 saturated heterocycles. The Morgan fingerprint density at radius 2 is 1.62 bits per heavy atom. The van der Waals surface area contributed by atoms with E-state index in [0.717, 1.165) is 22.4 Å². The van der Waals surface area contributed by atoms with Crippen molar-refractivity contribution in [3.8, 4) is 11.5 Å². The molecule has 6 nitrogen and oxygen atoms in total. The number of aryl methyl sites for hydroxylation is 2. The lowest BCUT2D eigenvalue weighted by Gasteiger charge is -2.13. The molecule has 0 spiro atoms. The van der Waals surface area contributed by atoms with Crippen LogP contribution in [-0.2, 0) is 11.4 Å². The summed E-state index contributed by atoms with van der Waals surface area (Å²) in [7, 11) is 1.50. The fourth-order valence-corrected chi connectivity index (χ4v) is 3.25. The molecule has 0 radical (unpaired) electrons. The molecule has 0 saturated carbocycles. The Hall–Kier alpha value is -3.51. The van der Waals surface area contributed by atoms with Gasteiger partial charge in [-0.05, 0) is 60.9 Å². The number of benzene rings is 3. The highest BCUT2D eigenvalue weighted by Crippen LogP contribution is 2.29. The average molecular weight is 453 g/mol. The molecule has 0 heterocycles. The van der Waals surface area contributed by atoms with E-state index in [1.165, 1.54) is 7.11 Å². The molecule has 0 atom stereocenters. The summed E-state index contributed by atoms with van der Waals surface area (Å²) in [5.74, 6) is 0.244. The number of amides is 2. The molecule has 166 valence electrons. The van der Waals surface area contributed by atoms with E-state index in [1.807, 2.05) is 44.2 Å². The molecule has 0 aliphatic carbocycles. The van der Waals surface area contributed by atoms with Crippen LogP contribution >= 0.6 is 11.6 Å². The average Bonchev–Trinajstić information content (AvgIpc) is 2.79. The first-order chi connectivity index (χ1) is 15.4. The van der Waals surface area contributed by atoms with Crippen LogP contribution in [0.3, 0.4) is 0 Å². The minimum Gasteiger partial charge on any atom is -0.493 e. The highest BCUT2D eigenvalue weighted by atomic mass is 35.5. The largest absolute Gasteiger partial charge is 0.493 e. The Balaban J connectivity index is 1.59. The van der Waals surface area contributed by atoms with Crippen molar-refractivity contribution >= 4 is 29.1 Å². The third-order valence-corrected chi connectivity index (χ3v) is 5.14. The molecule has 3 aromatic rings. The highest BCUT2D eigenvalue weighted by molar-refractivity contribution is 6.30. The van der Waals surface area contributed by atoms with Crippen molar-refractivity contribution in [2.24, 2.45) is 0 Å². The normalized spacial score (nSPS) is 10.4. The minimum absolute atomic E-state index is 0.149. The van der Waals surface area contributed by atoms with Gasteiger partial charge in [0.05, 0.1) is 13.7 Å². The molecular formula is C25H25ClN2O4. The first kappa shape index (κ1) is 23.2. The van der Waals surface area contributed by atoms with Gasteiger partial charge < -0.3 is 20.1 Å². The van der Waals surface area contributed by atoms with Crippen LogP contribution in [0.15, 0.2) is 60.7 Å². The number of methoxy groups -OCH3 is 1. The van der Waals surface area contributed by atoms with Crippen molar-refractivity contribution in [2.45, 2.75) is 20.5 Å². The number of para-hydroxylation sites is 1. The van der Waals surface area contributed by atoms with Crippen molar-refractivity contribution in [1.82, 2.24) is 5.32 Å². The molecule has 32 heavy (non-hydrogen) atoms. The Labute approximate surface area is 192 Å². The van der Waals surface area contributed by atoms with Gasteiger partial charge in [-0.15, -0.1) is 0 Å². The SMILES string of the molecule is COc1cc(C(=O)NCC(=O)Nc2c(C)cccc2C)ccc1OCc1ccc(Cl)cc1. The lowest BCUT2D eigenvalue weighted by Crippen LogP contribution is -2.33. The number of rotatable bonds is 8. The number of carbonyl (C=O) groups excluding carboxylic acids is 2. The van der Waals surface area contributed by atoms with Crippen LogP contribution in [0.25, 0.3) is 0 Å². The Morgan fingerprint density at radius 3 is 2.28 bits per heavy atom. The molecule has 0 fully saturated rings.